The molecule has 0 aromatic carbocycles. The van der Waals surface area contributed by atoms with Crippen LogP contribution in [0.4, 0.5) is 0 Å². The maximum absolute atomic E-state index is 12.2. The van der Waals surface area contributed by atoms with E-state index in [-0.39, 0.29) is 9.81 Å². The molecule has 13 heteroatoms. The lowest BCUT2D eigenvalue weighted by Gasteiger charge is -2.03. The van der Waals surface area contributed by atoms with Gasteiger partial charge in [-0.1, -0.05) is 86.0 Å². The van der Waals surface area contributed by atoms with Crippen molar-refractivity contribution in [1.82, 2.24) is 0 Å². The molecular weight excluding hydrogens is 605 g/mol. The van der Waals surface area contributed by atoms with Crippen molar-refractivity contribution < 1.29 is 19.1 Å². The molecule has 186 valence electrons. The molecule has 0 fully saturated rings. The first kappa shape index (κ1) is 29.1. The highest BCUT2D eigenvalue weighted by molar-refractivity contribution is 8.46. The minimum absolute atomic E-state index is 0.256. The molecule has 0 spiro atoms. The summed E-state index contributed by atoms with van der Waals surface area (Å²) < 4.78 is 17.5. The molecule has 0 N–H and O–H groups in total. The fourth-order valence-corrected chi connectivity index (χ4v) is 14.8. The number of hydrogen-bond acceptors (Lipinski definition) is 13. The molecule has 1 aromatic heterocycles. The van der Waals surface area contributed by atoms with Crippen molar-refractivity contribution in [3.63, 3.8) is 0 Å². The van der Waals surface area contributed by atoms with Gasteiger partial charge in [-0.15, -0.1) is 46.2 Å². The van der Waals surface area contributed by atoms with Gasteiger partial charge in [0, 0.05) is 0 Å². The minimum Gasteiger partial charge on any atom is -0.465 e. The van der Waals surface area contributed by atoms with E-state index in [0.717, 1.165) is 24.1 Å². The molecular formula is C21H24O4S9. The van der Waals surface area contributed by atoms with E-state index in [1.54, 1.807) is 22.7 Å². The van der Waals surface area contributed by atoms with Gasteiger partial charge in [0.05, 0.1) is 35.7 Å². The molecule has 3 heterocycles. The van der Waals surface area contributed by atoms with Crippen LogP contribution in [0.1, 0.15) is 39.5 Å². The monoisotopic (exact) mass is 628 g/mol. The second kappa shape index (κ2) is 14.5. The molecule has 0 aliphatic carbocycles. The second-order valence-electron chi connectivity index (χ2n) is 6.71. The third kappa shape index (κ3) is 7.31. The summed E-state index contributed by atoms with van der Waals surface area (Å²) in [5.74, 6) is 1.20. The van der Waals surface area contributed by atoms with Crippen molar-refractivity contribution in [2.45, 2.75) is 39.5 Å². The first-order chi connectivity index (χ1) is 16.4. The number of carbonyl (C=O) groups excluding carboxylic acids is 2. The summed E-state index contributed by atoms with van der Waals surface area (Å²) in [6.45, 7) is 4.45. The average molecular weight is 629 g/mol. The van der Waals surface area contributed by atoms with Crippen LogP contribution in [0.25, 0.3) is 8.47 Å². The highest BCUT2D eigenvalue weighted by Crippen LogP contribution is 2.58. The Bertz CT molecular complexity index is 1120. The van der Waals surface area contributed by atoms with Crippen LogP contribution < -0.4 is 8.38 Å². The summed E-state index contributed by atoms with van der Waals surface area (Å²) in [6.07, 6.45) is 4.83. The number of carbonyl (C=O) groups is 2. The van der Waals surface area contributed by atoms with Crippen LogP contribution in [-0.4, -0.2) is 37.7 Å². The third-order valence-electron chi connectivity index (χ3n) is 4.25. The van der Waals surface area contributed by atoms with E-state index in [0.29, 0.717) is 0 Å². The van der Waals surface area contributed by atoms with Gasteiger partial charge in [-0.2, -0.15) is 0 Å². The predicted molar refractivity (Wildman–Crippen MR) is 162 cm³/mol. The number of thioether (sulfide) groups is 6. The lowest BCUT2D eigenvalue weighted by Crippen LogP contribution is -2.08. The lowest BCUT2D eigenvalue weighted by atomic mass is 10.4. The van der Waals surface area contributed by atoms with E-state index in [1.165, 1.54) is 80.0 Å². The molecule has 0 amide bonds. The molecule has 34 heavy (non-hydrogen) atoms. The zero-order valence-corrected chi connectivity index (χ0v) is 26.4. The van der Waals surface area contributed by atoms with Gasteiger partial charge in [-0.05, 0) is 24.3 Å². The number of esters is 2. The lowest BCUT2D eigenvalue weighted by molar-refractivity contribution is -0.138. The van der Waals surface area contributed by atoms with Gasteiger partial charge >= 0.3 is 11.9 Å². The Labute approximate surface area is 238 Å². The van der Waals surface area contributed by atoms with Gasteiger partial charge in [-0.3, -0.25) is 0 Å². The van der Waals surface area contributed by atoms with Gasteiger partial charge in [0.15, 0.2) is 0 Å². The Balaban J connectivity index is 1.93. The van der Waals surface area contributed by atoms with E-state index >= 15 is 0 Å². The van der Waals surface area contributed by atoms with Gasteiger partial charge in [0.25, 0.3) is 0 Å². The molecule has 0 saturated heterocycles. The van der Waals surface area contributed by atoms with Gasteiger partial charge < -0.3 is 9.47 Å². The Hall–Kier alpha value is 0.530. The number of unbranched alkanes of at least 4 members (excludes halogenated alkanes) is 2. The number of methoxy groups -OCH3 is 2. The van der Waals surface area contributed by atoms with Crippen LogP contribution >= 0.6 is 105 Å². The summed E-state index contributed by atoms with van der Waals surface area (Å²) in [4.78, 5) is 25.0. The summed E-state index contributed by atoms with van der Waals surface area (Å²) in [5.41, 5.74) is 0. The number of rotatable bonds is 10. The van der Waals surface area contributed by atoms with E-state index < -0.39 is 11.9 Å². The smallest absolute Gasteiger partial charge is 0.346 e. The van der Waals surface area contributed by atoms with Gasteiger partial charge in [-0.25, -0.2) is 9.59 Å². The fraction of sp³-hybridized carbons (Fsp3) is 0.476. The van der Waals surface area contributed by atoms with Crippen LogP contribution in [0.2, 0.25) is 0 Å². The second-order valence-corrected chi connectivity index (χ2v) is 17.0. The molecule has 0 unspecified atom stereocenters. The van der Waals surface area contributed by atoms with Crippen LogP contribution in [0.3, 0.4) is 0 Å². The topological polar surface area (TPSA) is 52.6 Å². The van der Waals surface area contributed by atoms with Gasteiger partial charge in [0.2, 0.25) is 0 Å². The first-order valence-corrected chi connectivity index (χ1v) is 17.7. The number of ether oxygens (including phenoxy) is 2. The molecule has 0 bridgehead atoms. The Morgan fingerprint density at radius 3 is 1.74 bits per heavy atom. The first-order valence-electron chi connectivity index (χ1n) is 10.4. The molecule has 4 nitrogen and oxygen atoms in total. The molecule has 3 rings (SSSR count). The van der Waals surface area contributed by atoms with Crippen molar-refractivity contribution in [2.75, 3.05) is 25.7 Å². The van der Waals surface area contributed by atoms with Crippen molar-refractivity contribution in [1.29, 1.82) is 0 Å². The van der Waals surface area contributed by atoms with Crippen LogP contribution in [0.5, 0.6) is 0 Å². The average Bonchev–Trinajstić information content (AvgIpc) is 3.55. The predicted octanol–water partition coefficient (Wildman–Crippen LogP) is 7.38. The maximum Gasteiger partial charge on any atom is 0.346 e. The van der Waals surface area contributed by atoms with E-state index in [1.807, 2.05) is 47.0 Å². The third-order valence-corrected chi connectivity index (χ3v) is 16.3. The Morgan fingerprint density at radius 2 is 1.29 bits per heavy atom. The summed E-state index contributed by atoms with van der Waals surface area (Å²) in [6, 6.07) is 0. The molecule has 1 aromatic rings. The highest BCUT2D eigenvalue weighted by Gasteiger charge is 2.33. The largest absolute Gasteiger partial charge is 0.465 e. The highest BCUT2D eigenvalue weighted by atomic mass is 32.3. The minimum atomic E-state index is -0.540. The van der Waals surface area contributed by atoms with Crippen molar-refractivity contribution >= 4 is 126 Å². The van der Waals surface area contributed by atoms with E-state index in [2.05, 4.69) is 13.8 Å². The SMILES string of the molecule is CCCCSC1=C(SCCCC)SC(=c2sc(=S)c(=C3SC(C(=O)OC)=C(C(=O)OC)S3)s2)S1. The van der Waals surface area contributed by atoms with Crippen molar-refractivity contribution in [2.24, 2.45) is 0 Å². The van der Waals surface area contributed by atoms with Crippen molar-refractivity contribution in [3.8, 4) is 0 Å². The number of hydrogen-bond donors (Lipinski definition) is 0. The van der Waals surface area contributed by atoms with Crippen LogP contribution in [-0.2, 0) is 19.1 Å². The van der Waals surface area contributed by atoms with Crippen LogP contribution in [0, 0.1) is 3.82 Å². The van der Waals surface area contributed by atoms with Crippen LogP contribution in [0.15, 0.2) is 18.3 Å². The quantitative estimate of drug-likeness (QED) is 0.148. The maximum atomic E-state index is 12.2. The van der Waals surface area contributed by atoms with Gasteiger partial charge in [0.1, 0.15) is 17.5 Å². The zero-order chi connectivity index (χ0) is 24.7. The summed E-state index contributed by atoms with van der Waals surface area (Å²) >= 11 is 19.1. The molecule has 2 aliphatic rings. The summed E-state index contributed by atoms with van der Waals surface area (Å²) in [7, 11) is 2.61. The Morgan fingerprint density at radius 1 is 0.794 bits per heavy atom. The Kier molecular flexibility index (Phi) is 12.4. The molecule has 0 saturated carbocycles. The summed E-state index contributed by atoms with van der Waals surface area (Å²) in [5, 5.41) is 0. The van der Waals surface area contributed by atoms with E-state index in [4.69, 9.17) is 21.7 Å². The normalized spacial score (nSPS) is 16.1. The van der Waals surface area contributed by atoms with E-state index in [9.17, 15) is 9.59 Å². The molecule has 2 aliphatic heterocycles. The molecule has 0 radical (unpaired) electrons. The van der Waals surface area contributed by atoms with Crippen molar-refractivity contribution in [3.05, 3.63) is 30.5 Å². The fourth-order valence-electron chi connectivity index (χ4n) is 2.49. The molecule has 0 atom stereocenters. The zero-order valence-electron chi connectivity index (χ0n) is 19.0. The standard InChI is InChI=1S/C21H24O4S9/c1-5-7-9-27-18-19(28-10-8-6-2)34-21(33-18)20-31-13(16(26)32-20)17-29-11(14(22)24-3)12(30-17)15(23)25-4/h5-10H2,1-4H3.